The average molecular weight is 477 g/mol. The fourth-order valence-corrected chi connectivity index (χ4v) is 5.87. The van der Waals surface area contributed by atoms with Gasteiger partial charge in [0.25, 0.3) is 0 Å². The zero-order valence-corrected chi connectivity index (χ0v) is 20.0. The molecule has 1 N–H and O–H groups in total. The largest absolute Gasteiger partial charge is 0.417 e. The molecule has 1 spiro atoms. The first-order valence-corrected chi connectivity index (χ1v) is 12.0. The van der Waals surface area contributed by atoms with Crippen LogP contribution in [0.1, 0.15) is 104 Å². The predicted molar refractivity (Wildman–Crippen MR) is 119 cm³/mol. The molecule has 0 amide bonds. The van der Waals surface area contributed by atoms with Crippen molar-refractivity contribution in [3.63, 3.8) is 0 Å². The number of hydrogen-bond acceptors (Lipinski definition) is 5. The molecule has 4 heterocycles. The lowest BCUT2D eigenvalue weighted by Crippen LogP contribution is -2.37. The Kier molecular flexibility index (Phi) is 5.58. The molecule has 0 saturated carbocycles. The molecule has 1 unspecified atom stereocenters. The third-order valence-electron chi connectivity index (χ3n) is 7.40. The van der Waals surface area contributed by atoms with Crippen LogP contribution in [-0.4, -0.2) is 28.3 Å². The highest BCUT2D eigenvalue weighted by atomic mass is 19.4. The molecule has 2 aliphatic heterocycles. The van der Waals surface area contributed by atoms with Crippen molar-refractivity contribution >= 4 is 0 Å². The van der Waals surface area contributed by atoms with E-state index in [2.05, 4.69) is 32.7 Å². The number of hydrogen-bond donors (Lipinski definition) is 1. The second-order valence-electron chi connectivity index (χ2n) is 10.9. The maximum absolute atomic E-state index is 13.2. The maximum atomic E-state index is 13.2. The third-order valence-corrected chi connectivity index (χ3v) is 7.40. The first-order valence-electron chi connectivity index (χ1n) is 12.0. The first-order chi connectivity index (χ1) is 15.9. The summed E-state index contributed by atoms with van der Waals surface area (Å²) in [5, 5.41) is 11.3. The van der Waals surface area contributed by atoms with Crippen molar-refractivity contribution in [2.45, 2.75) is 83.3 Å². The summed E-state index contributed by atoms with van der Waals surface area (Å²) >= 11 is 0. The van der Waals surface area contributed by atoms with Crippen LogP contribution in [0.4, 0.5) is 13.2 Å². The first kappa shape index (κ1) is 23.7. The van der Waals surface area contributed by atoms with E-state index in [1.807, 2.05) is 0 Å². The summed E-state index contributed by atoms with van der Waals surface area (Å²) in [6.45, 7) is 9.43. The van der Waals surface area contributed by atoms with Gasteiger partial charge in [0.2, 0.25) is 0 Å². The third kappa shape index (κ3) is 3.84. The number of halogens is 3. The summed E-state index contributed by atoms with van der Waals surface area (Å²) in [4.78, 5) is 9.25. The zero-order chi connectivity index (χ0) is 24.5. The number of rotatable bonds is 2. The van der Waals surface area contributed by atoms with E-state index in [-0.39, 0.29) is 11.3 Å². The van der Waals surface area contributed by atoms with Gasteiger partial charge in [-0.1, -0.05) is 27.7 Å². The van der Waals surface area contributed by atoms with Crippen LogP contribution in [0.15, 0.2) is 18.3 Å². The molecule has 1 saturated heterocycles. The normalized spacial score (nSPS) is 25.4. The lowest BCUT2D eigenvalue weighted by molar-refractivity contribution is -0.138. The van der Waals surface area contributed by atoms with Gasteiger partial charge in [-0.25, -0.2) is 0 Å². The minimum atomic E-state index is -4.46. The highest BCUT2D eigenvalue weighted by Crippen LogP contribution is 2.57. The number of fused-ring (bicyclic) bond motifs is 4. The van der Waals surface area contributed by atoms with Gasteiger partial charge in [-0.2, -0.15) is 13.2 Å². The number of aliphatic hydroxyl groups excluding tert-OH is 1. The Morgan fingerprint density at radius 1 is 1.12 bits per heavy atom. The molecular weight excluding hydrogens is 445 g/mol. The van der Waals surface area contributed by atoms with Crippen molar-refractivity contribution in [3.8, 4) is 0 Å². The SMILES string of the molecule is CC(C)c1nc2c(c3c1[C@@H](c1ccc(C(F)(F)F)cn1)OC31CCOCC1)C(O)CC(C)(C)C2. The molecular formula is C26H31F3N2O3. The summed E-state index contributed by atoms with van der Waals surface area (Å²) in [6.07, 6.45) is -2.32. The average Bonchev–Trinajstić information content (AvgIpc) is 3.06. The van der Waals surface area contributed by atoms with Gasteiger partial charge >= 0.3 is 6.18 Å². The Morgan fingerprint density at radius 2 is 1.82 bits per heavy atom. The standard InChI is InChI=1S/C26H31F3N2O3/c1-14(2)22-20-21(19-17(31-22)11-24(3,4)12-18(19)32)25(7-9-33-10-8-25)34-23(20)16-6-5-15(13-30-16)26(27,28)29/h5-6,13-14,18,23,32H,7-12H2,1-4H3/t18?,23-/m1/s1. The van der Waals surface area contributed by atoms with Crippen molar-refractivity contribution < 1.29 is 27.8 Å². The van der Waals surface area contributed by atoms with Crippen LogP contribution in [0.2, 0.25) is 0 Å². The minimum absolute atomic E-state index is 0.0665. The Balaban J connectivity index is 1.74. The highest BCUT2D eigenvalue weighted by molar-refractivity contribution is 5.53. The quantitative estimate of drug-likeness (QED) is 0.598. The van der Waals surface area contributed by atoms with E-state index in [0.29, 0.717) is 38.2 Å². The van der Waals surface area contributed by atoms with Gasteiger partial charge in [0.05, 0.1) is 23.0 Å². The number of nitrogens with zero attached hydrogens (tertiary/aromatic N) is 2. The van der Waals surface area contributed by atoms with E-state index >= 15 is 0 Å². The van der Waals surface area contributed by atoms with Crippen LogP contribution in [-0.2, 0) is 27.7 Å². The van der Waals surface area contributed by atoms with Crippen LogP contribution in [0, 0.1) is 5.41 Å². The molecule has 1 fully saturated rings. The summed E-state index contributed by atoms with van der Waals surface area (Å²) in [6, 6.07) is 2.46. The second-order valence-corrected chi connectivity index (χ2v) is 10.9. The van der Waals surface area contributed by atoms with E-state index in [0.717, 1.165) is 46.8 Å². The molecule has 0 radical (unpaired) electrons. The van der Waals surface area contributed by atoms with Gasteiger partial charge in [0, 0.05) is 54.8 Å². The number of pyridine rings is 2. The van der Waals surface area contributed by atoms with Crippen molar-refractivity contribution in [1.82, 2.24) is 9.97 Å². The molecule has 5 rings (SSSR count). The van der Waals surface area contributed by atoms with Gasteiger partial charge < -0.3 is 14.6 Å². The van der Waals surface area contributed by atoms with E-state index in [1.54, 1.807) is 0 Å². The van der Waals surface area contributed by atoms with Gasteiger partial charge in [-0.05, 0) is 41.9 Å². The minimum Gasteiger partial charge on any atom is -0.388 e. The molecule has 1 aliphatic carbocycles. The second kappa shape index (κ2) is 8.00. The summed E-state index contributed by atoms with van der Waals surface area (Å²) < 4.78 is 51.9. The molecule has 0 aromatic carbocycles. The predicted octanol–water partition coefficient (Wildman–Crippen LogP) is 5.75. The van der Waals surface area contributed by atoms with Crippen LogP contribution in [0.3, 0.4) is 0 Å². The van der Waals surface area contributed by atoms with Crippen molar-refractivity contribution in [2.75, 3.05) is 13.2 Å². The molecule has 8 heteroatoms. The van der Waals surface area contributed by atoms with Crippen LogP contribution < -0.4 is 0 Å². The lowest BCUT2D eigenvalue weighted by Gasteiger charge is -2.40. The Bertz CT molecular complexity index is 1090. The van der Waals surface area contributed by atoms with Crippen LogP contribution in [0.25, 0.3) is 0 Å². The molecule has 2 aromatic rings. The summed E-state index contributed by atoms with van der Waals surface area (Å²) in [7, 11) is 0. The van der Waals surface area contributed by atoms with Crippen molar-refractivity contribution in [2.24, 2.45) is 5.41 Å². The molecule has 0 bridgehead atoms. The fourth-order valence-electron chi connectivity index (χ4n) is 5.87. The molecule has 184 valence electrons. The van der Waals surface area contributed by atoms with Gasteiger partial charge in [-0.15, -0.1) is 0 Å². The Morgan fingerprint density at radius 3 is 2.41 bits per heavy atom. The Labute approximate surface area is 197 Å². The van der Waals surface area contributed by atoms with Crippen LogP contribution in [0.5, 0.6) is 0 Å². The lowest BCUT2D eigenvalue weighted by atomic mass is 9.70. The number of aromatic nitrogens is 2. The van der Waals surface area contributed by atoms with E-state index in [9.17, 15) is 18.3 Å². The molecule has 34 heavy (non-hydrogen) atoms. The van der Waals surface area contributed by atoms with E-state index in [1.165, 1.54) is 6.07 Å². The maximum Gasteiger partial charge on any atom is 0.417 e. The molecule has 2 aromatic heterocycles. The highest BCUT2D eigenvalue weighted by Gasteiger charge is 2.52. The zero-order valence-electron chi connectivity index (χ0n) is 20.0. The van der Waals surface area contributed by atoms with E-state index in [4.69, 9.17) is 14.5 Å². The van der Waals surface area contributed by atoms with Gasteiger partial charge in [0.15, 0.2) is 0 Å². The Hall–Kier alpha value is -2.03. The molecule has 2 atom stereocenters. The molecule has 3 aliphatic rings. The fraction of sp³-hybridized carbons (Fsp3) is 0.615. The number of aliphatic hydroxyl groups is 1. The van der Waals surface area contributed by atoms with E-state index < -0.39 is 29.5 Å². The number of alkyl halides is 3. The van der Waals surface area contributed by atoms with Gasteiger partial charge in [-0.3, -0.25) is 9.97 Å². The summed E-state index contributed by atoms with van der Waals surface area (Å²) in [5.74, 6) is 0.0665. The van der Waals surface area contributed by atoms with Crippen molar-refractivity contribution in [3.05, 3.63) is 57.7 Å². The smallest absolute Gasteiger partial charge is 0.388 e. The molecule has 5 nitrogen and oxygen atoms in total. The van der Waals surface area contributed by atoms with Crippen LogP contribution >= 0.6 is 0 Å². The topological polar surface area (TPSA) is 64.5 Å². The van der Waals surface area contributed by atoms with Crippen molar-refractivity contribution in [1.29, 1.82) is 0 Å². The monoisotopic (exact) mass is 476 g/mol. The summed E-state index contributed by atoms with van der Waals surface area (Å²) in [5.41, 5.74) is 3.32. The van der Waals surface area contributed by atoms with Gasteiger partial charge in [0.1, 0.15) is 6.10 Å². The number of ether oxygens (including phenoxy) is 2.